The van der Waals surface area contributed by atoms with Crippen LogP contribution in [-0.4, -0.2) is 13.1 Å². The normalized spacial score (nSPS) is 13.0. The summed E-state index contributed by atoms with van der Waals surface area (Å²) in [4.78, 5) is 12.2. The van der Waals surface area contributed by atoms with E-state index < -0.39 is 23.1 Å². The Kier molecular flexibility index (Phi) is 5.27. The molecule has 0 aliphatic rings. The summed E-state index contributed by atoms with van der Waals surface area (Å²) in [5, 5.41) is 11.8. The molecule has 2 aromatic rings. The third kappa shape index (κ3) is 3.58. The lowest BCUT2D eigenvalue weighted by Gasteiger charge is -2.29. The zero-order valence-electron chi connectivity index (χ0n) is 13.3. The van der Waals surface area contributed by atoms with Crippen LogP contribution in [0, 0.1) is 23.0 Å². The molecule has 2 rings (SSSR count). The number of methoxy groups -OCH3 is 1. The topological polar surface area (TPSA) is 62.1 Å². The number of ether oxygens (including phenoxy) is 1. The lowest BCUT2D eigenvalue weighted by Crippen LogP contribution is -2.47. The van der Waals surface area contributed by atoms with Crippen molar-refractivity contribution in [1.82, 2.24) is 5.32 Å². The van der Waals surface area contributed by atoms with E-state index in [2.05, 4.69) is 5.32 Å². The minimum atomic E-state index is -1.58. The number of carbonyl (C=O) groups is 1. The molecule has 0 aromatic heterocycles. The van der Waals surface area contributed by atoms with Crippen LogP contribution < -0.4 is 5.32 Å². The maximum Gasteiger partial charge on any atom is 0.330 e. The van der Waals surface area contributed by atoms with Gasteiger partial charge in [-0.25, -0.2) is 13.6 Å². The maximum atomic E-state index is 14.1. The molecule has 0 aliphatic carbocycles. The second-order valence-corrected chi connectivity index (χ2v) is 5.41. The lowest BCUT2D eigenvalue weighted by atomic mass is 9.91. The van der Waals surface area contributed by atoms with Crippen molar-refractivity contribution in [3.05, 3.63) is 70.8 Å². The van der Waals surface area contributed by atoms with Crippen molar-refractivity contribution in [2.24, 2.45) is 0 Å². The van der Waals surface area contributed by atoms with Gasteiger partial charge in [-0.05, 0) is 42.8 Å². The highest BCUT2D eigenvalue weighted by molar-refractivity contribution is 5.82. The van der Waals surface area contributed by atoms with Crippen LogP contribution in [0.3, 0.4) is 0 Å². The van der Waals surface area contributed by atoms with Gasteiger partial charge in [0.05, 0.1) is 18.7 Å². The lowest BCUT2D eigenvalue weighted by molar-refractivity contribution is -0.148. The summed E-state index contributed by atoms with van der Waals surface area (Å²) in [5.41, 5.74) is -0.540. The van der Waals surface area contributed by atoms with E-state index in [0.717, 1.165) is 23.8 Å². The minimum absolute atomic E-state index is 0.147. The summed E-state index contributed by atoms with van der Waals surface area (Å²) in [6.45, 7) is 1.59. The summed E-state index contributed by atoms with van der Waals surface area (Å²) >= 11 is 0. The van der Waals surface area contributed by atoms with Crippen molar-refractivity contribution in [3.63, 3.8) is 0 Å². The Morgan fingerprint density at radius 3 is 2.71 bits per heavy atom. The zero-order chi connectivity index (χ0) is 17.7. The fourth-order valence-electron chi connectivity index (χ4n) is 2.39. The van der Waals surface area contributed by atoms with Gasteiger partial charge in [-0.3, -0.25) is 5.32 Å². The van der Waals surface area contributed by atoms with E-state index >= 15 is 0 Å². The van der Waals surface area contributed by atoms with Gasteiger partial charge < -0.3 is 4.74 Å². The summed E-state index contributed by atoms with van der Waals surface area (Å²) in [6.07, 6.45) is 0. The van der Waals surface area contributed by atoms with Crippen LogP contribution in [-0.2, 0) is 21.6 Å². The van der Waals surface area contributed by atoms with Crippen LogP contribution in [0.4, 0.5) is 8.78 Å². The Bertz CT molecular complexity index is 802. The van der Waals surface area contributed by atoms with E-state index in [9.17, 15) is 13.6 Å². The monoisotopic (exact) mass is 330 g/mol. The number of hydrogen-bond donors (Lipinski definition) is 1. The predicted molar refractivity (Wildman–Crippen MR) is 83.7 cm³/mol. The number of rotatable bonds is 5. The van der Waals surface area contributed by atoms with Gasteiger partial charge in [-0.2, -0.15) is 5.26 Å². The highest BCUT2D eigenvalue weighted by atomic mass is 19.1. The molecule has 4 nitrogen and oxygen atoms in total. The first-order valence-electron chi connectivity index (χ1n) is 7.18. The molecule has 1 atom stereocenters. The molecule has 0 aliphatic heterocycles. The first-order valence-corrected chi connectivity index (χ1v) is 7.18. The maximum absolute atomic E-state index is 14.1. The predicted octanol–water partition coefficient (Wildman–Crippen LogP) is 3.01. The smallest absolute Gasteiger partial charge is 0.330 e. The summed E-state index contributed by atoms with van der Waals surface area (Å²) in [6, 6.07) is 11.7. The molecule has 0 bridgehead atoms. The number of halogens is 2. The molecule has 0 spiro atoms. The molecule has 0 unspecified atom stereocenters. The number of nitrogens with one attached hydrogen (secondary N) is 1. The fourth-order valence-corrected chi connectivity index (χ4v) is 2.39. The van der Waals surface area contributed by atoms with Gasteiger partial charge in [0.15, 0.2) is 0 Å². The Morgan fingerprint density at radius 1 is 1.29 bits per heavy atom. The minimum Gasteiger partial charge on any atom is -0.467 e. The number of nitrogens with zero attached hydrogens (tertiary/aromatic N) is 1. The molecule has 124 valence electrons. The first kappa shape index (κ1) is 17.6. The second kappa shape index (κ2) is 7.20. The van der Waals surface area contributed by atoms with Gasteiger partial charge >= 0.3 is 5.97 Å². The second-order valence-electron chi connectivity index (χ2n) is 5.41. The van der Waals surface area contributed by atoms with Crippen LogP contribution >= 0.6 is 0 Å². The molecule has 0 amide bonds. The quantitative estimate of drug-likeness (QED) is 0.856. The van der Waals surface area contributed by atoms with Gasteiger partial charge in [0.2, 0.25) is 0 Å². The Morgan fingerprint density at radius 2 is 2.04 bits per heavy atom. The number of nitriles is 1. The Labute approximate surface area is 138 Å². The highest BCUT2D eigenvalue weighted by Gasteiger charge is 2.38. The molecule has 0 heterocycles. The SMILES string of the molecule is COC(=O)[C@@](C)(NCc1cccc(C#N)c1)c1cc(F)ccc1F. The van der Waals surface area contributed by atoms with E-state index in [0.29, 0.717) is 5.56 Å². The van der Waals surface area contributed by atoms with Crippen molar-refractivity contribution < 1.29 is 18.3 Å². The standard InChI is InChI=1S/C18H16F2N2O2/c1-18(17(23)24-2,15-9-14(19)6-7-16(15)20)22-11-13-5-3-4-12(8-13)10-21/h3-9,22H,11H2,1-2H3/t18-/m0/s1. The van der Waals surface area contributed by atoms with E-state index in [1.165, 1.54) is 14.0 Å². The van der Waals surface area contributed by atoms with Gasteiger partial charge in [0.25, 0.3) is 0 Å². The van der Waals surface area contributed by atoms with Crippen LogP contribution in [0.5, 0.6) is 0 Å². The summed E-state index contributed by atoms with van der Waals surface area (Å²) in [7, 11) is 1.18. The number of esters is 1. The van der Waals surface area contributed by atoms with Crippen LogP contribution in [0.15, 0.2) is 42.5 Å². The number of benzene rings is 2. The molecular formula is C18H16F2N2O2. The Hall–Kier alpha value is -2.78. The van der Waals surface area contributed by atoms with Gasteiger partial charge in [0.1, 0.15) is 17.2 Å². The molecule has 0 fully saturated rings. The molecular weight excluding hydrogens is 314 g/mol. The van der Waals surface area contributed by atoms with E-state index in [1.54, 1.807) is 24.3 Å². The molecule has 24 heavy (non-hydrogen) atoms. The van der Waals surface area contributed by atoms with Crippen molar-refractivity contribution >= 4 is 5.97 Å². The molecule has 0 saturated carbocycles. The molecule has 2 aromatic carbocycles. The van der Waals surface area contributed by atoms with E-state index in [1.807, 2.05) is 6.07 Å². The van der Waals surface area contributed by atoms with Crippen molar-refractivity contribution in [2.75, 3.05) is 7.11 Å². The van der Waals surface area contributed by atoms with E-state index in [-0.39, 0.29) is 12.1 Å². The number of hydrogen-bond acceptors (Lipinski definition) is 4. The van der Waals surface area contributed by atoms with Gasteiger partial charge in [-0.1, -0.05) is 12.1 Å². The van der Waals surface area contributed by atoms with Crippen LogP contribution in [0.25, 0.3) is 0 Å². The average molecular weight is 330 g/mol. The largest absolute Gasteiger partial charge is 0.467 e. The Balaban J connectivity index is 2.36. The van der Waals surface area contributed by atoms with Crippen molar-refractivity contribution in [2.45, 2.75) is 19.0 Å². The highest BCUT2D eigenvalue weighted by Crippen LogP contribution is 2.26. The number of carbonyl (C=O) groups excluding carboxylic acids is 1. The molecule has 1 N–H and O–H groups in total. The third-order valence-electron chi connectivity index (χ3n) is 3.76. The van der Waals surface area contributed by atoms with Crippen LogP contribution in [0.2, 0.25) is 0 Å². The third-order valence-corrected chi connectivity index (χ3v) is 3.76. The summed E-state index contributed by atoms with van der Waals surface area (Å²) < 4.78 is 32.4. The average Bonchev–Trinajstić information content (AvgIpc) is 2.61. The van der Waals surface area contributed by atoms with Crippen molar-refractivity contribution in [3.8, 4) is 6.07 Å². The van der Waals surface area contributed by atoms with Gasteiger partial charge in [-0.15, -0.1) is 0 Å². The summed E-state index contributed by atoms with van der Waals surface area (Å²) in [5.74, 6) is -2.12. The molecule has 0 radical (unpaired) electrons. The van der Waals surface area contributed by atoms with Gasteiger partial charge in [0, 0.05) is 12.1 Å². The van der Waals surface area contributed by atoms with Crippen molar-refractivity contribution in [1.29, 1.82) is 5.26 Å². The first-order chi connectivity index (χ1) is 11.4. The molecule has 0 saturated heterocycles. The van der Waals surface area contributed by atoms with E-state index in [4.69, 9.17) is 10.00 Å². The molecule has 6 heteroatoms. The zero-order valence-corrected chi connectivity index (χ0v) is 13.3. The van der Waals surface area contributed by atoms with Crippen LogP contribution in [0.1, 0.15) is 23.6 Å². The fraction of sp³-hybridized carbons (Fsp3) is 0.222.